The molecule has 1 unspecified atom stereocenters. The first-order chi connectivity index (χ1) is 13.3. The van der Waals surface area contributed by atoms with Gasteiger partial charge in [-0.3, -0.25) is 9.59 Å². The molecular weight excluding hydrogens is 366 g/mol. The van der Waals surface area contributed by atoms with Gasteiger partial charge in [-0.25, -0.2) is 8.78 Å². The number of carbonyl (C=O) groups is 2. The number of amides is 2. The fourth-order valence-corrected chi connectivity index (χ4v) is 2.46. The number of hydrogen-bond acceptors (Lipinski definition) is 3. The molecule has 7 heteroatoms. The van der Waals surface area contributed by atoms with E-state index in [1.54, 1.807) is 6.92 Å². The van der Waals surface area contributed by atoms with Crippen LogP contribution in [0.2, 0.25) is 0 Å². The molecule has 0 aliphatic heterocycles. The van der Waals surface area contributed by atoms with Crippen molar-refractivity contribution < 1.29 is 23.1 Å². The molecule has 0 saturated heterocycles. The van der Waals surface area contributed by atoms with Crippen LogP contribution in [0.1, 0.15) is 42.6 Å². The molecule has 2 amide bonds. The van der Waals surface area contributed by atoms with E-state index in [1.807, 2.05) is 24.3 Å². The van der Waals surface area contributed by atoms with Crippen LogP contribution in [-0.2, 0) is 4.79 Å². The molecule has 5 nitrogen and oxygen atoms in total. The lowest BCUT2D eigenvalue weighted by Crippen LogP contribution is -2.40. The molecular formula is C21H24F2N2O3. The predicted octanol–water partition coefficient (Wildman–Crippen LogP) is 3.40. The fourth-order valence-electron chi connectivity index (χ4n) is 2.46. The Morgan fingerprint density at radius 3 is 2.21 bits per heavy atom. The number of halogens is 2. The van der Waals surface area contributed by atoms with Gasteiger partial charge in [0.05, 0.1) is 5.56 Å². The molecule has 2 aromatic rings. The van der Waals surface area contributed by atoms with Gasteiger partial charge in [0, 0.05) is 19.2 Å². The third-order valence-corrected chi connectivity index (χ3v) is 4.11. The zero-order valence-corrected chi connectivity index (χ0v) is 16.1. The quantitative estimate of drug-likeness (QED) is 0.679. The van der Waals surface area contributed by atoms with Gasteiger partial charge in [0.25, 0.3) is 11.8 Å². The second kappa shape index (κ2) is 9.82. The lowest BCUT2D eigenvalue weighted by Gasteiger charge is -2.15. The standard InChI is InChI=1S/C21H24F2N2O3/c1-13(2)15-4-7-17(8-5-15)28-14(3)20(26)24-10-11-25-21(27)18-9-6-16(22)12-19(18)23/h4-9,12-14H,10-11H2,1-3H3,(H,24,26)(H,25,27). The highest BCUT2D eigenvalue weighted by Crippen LogP contribution is 2.19. The Hall–Kier alpha value is -2.96. The molecule has 28 heavy (non-hydrogen) atoms. The second-order valence-corrected chi connectivity index (χ2v) is 6.65. The van der Waals surface area contributed by atoms with Gasteiger partial charge in [-0.2, -0.15) is 0 Å². The number of carbonyl (C=O) groups excluding carboxylic acids is 2. The summed E-state index contributed by atoms with van der Waals surface area (Å²) in [6, 6.07) is 10.3. The zero-order chi connectivity index (χ0) is 20.7. The van der Waals surface area contributed by atoms with Crippen molar-refractivity contribution in [2.75, 3.05) is 13.1 Å². The Balaban J connectivity index is 1.74. The molecule has 150 valence electrons. The maximum atomic E-state index is 13.5. The van der Waals surface area contributed by atoms with Crippen molar-refractivity contribution in [1.29, 1.82) is 0 Å². The van der Waals surface area contributed by atoms with Crippen LogP contribution in [0.3, 0.4) is 0 Å². The summed E-state index contributed by atoms with van der Waals surface area (Å²) in [5.74, 6) is -1.71. The van der Waals surface area contributed by atoms with Gasteiger partial charge in [-0.15, -0.1) is 0 Å². The molecule has 2 N–H and O–H groups in total. The van der Waals surface area contributed by atoms with Crippen LogP contribution < -0.4 is 15.4 Å². The van der Waals surface area contributed by atoms with E-state index in [0.29, 0.717) is 17.7 Å². The normalized spacial score (nSPS) is 11.8. The summed E-state index contributed by atoms with van der Waals surface area (Å²) in [5.41, 5.74) is 0.923. The van der Waals surface area contributed by atoms with Crippen LogP contribution in [-0.4, -0.2) is 31.0 Å². The Bertz CT molecular complexity index is 823. The van der Waals surface area contributed by atoms with Gasteiger partial charge in [-0.05, 0) is 42.7 Å². The molecule has 0 aliphatic carbocycles. The first-order valence-electron chi connectivity index (χ1n) is 9.05. The number of ether oxygens (including phenoxy) is 1. The van der Waals surface area contributed by atoms with E-state index >= 15 is 0 Å². The van der Waals surface area contributed by atoms with Gasteiger partial charge < -0.3 is 15.4 Å². The molecule has 0 saturated carbocycles. The largest absolute Gasteiger partial charge is 0.481 e. The third kappa shape index (κ3) is 6.04. The zero-order valence-electron chi connectivity index (χ0n) is 16.1. The molecule has 0 bridgehead atoms. The summed E-state index contributed by atoms with van der Waals surface area (Å²) in [5, 5.41) is 5.09. The molecule has 0 aromatic heterocycles. The Kier molecular flexibility index (Phi) is 7.49. The second-order valence-electron chi connectivity index (χ2n) is 6.65. The average molecular weight is 390 g/mol. The summed E-state index contributed by atoms with van der Waals surface area (Å²) in [6.45, 7) is 6.05. The summed E-state index contributed by atoms with van der Waals surface area (Å²) in [6.07, 6.45) is -0.713. The highest BCUT2D eigenvalue weighted by molar-refractivity contribution is 5.94. The van der Waals surface area contributed by atoms with Crippen molar-refractivity contribution in [2.24, 2.45) is 0 Å². The van der Waals surface area contributed by atoms with E-state index < -0.39 is 23.6 Å². The van der Waals surface area contributed by atoms with Gasteiger partial charge in [0.1, 0.15) is 17.4 Å². The lowest BCUT2D eigenvalue weighted by molar-refractivity contribution is -0.127. The highest BCUT2D eigenvalue weighted by atomic mass is 19.1. The van der Waals surface area contributed by atoms with E-state index in [4.69, 9.17) is 4.74 Å². The molecule has 2 aromatic carbocycles. The van der Waals surface area contributed by atoms with Gasteiger partial charge in [0.2, 0.25) is 0 Å². The van der Waals surface area contributed by atoms with Gasteiger partial charge in [0.15, 0.2) is 6.10 Å². The molecule has 1 atom stereocenters. The maximum Gasteiger partial charge on any atom is 0.260 e. The van der Waals surface area contributed by atoms with Crippen molar-refractivity contribution >= 4 is 11.8 Å². The van der Waals surface area contributed by atoms with E-state index in [1.165, 1.54) is 5.56 Å². The van der Waals surface area contributed by atoms with Crippen LogP contribution in [0.15, 0.2) is 42.5 Å². The van der Waals surface area contributed by atoms with Crippen LogP contribution in [0.25, 0.3) is 0 Å². The molecule has 0 radical (unpaired) electrons. The van der Waals surface area contributed by atoms with E-state index in [-0.39, 0.29) is 24.6 Å². The Morgan fingerprint density at radius 1 is 0.964 bits per heavy atom. The van der Waals surface area contributed by atoms with E-state index in [0.717, 1.165) is 12.1 Å². The summed E-state index contributed by atoms with van der Waals surface area (Å²) >= 11 is 0. The minimum atomic E-state index is -0.938. The Labute approximate surface area is 163 Å². The third-order valence-electron chi connectivity index (χ3n) is 4.11. The number of benzene rings is 2. The predicted molar refractivity (Wildman–Crippen MR) is 102 cm³/mol. The van der Waals surface area contributed by atoms with Crippen molar-refractivity contribution in [1.82, 2.24) is 10.6 Å². The van der Waals surface area contributed by atoms with Crippen LogP contribution >= 0.6 is 0 Å². The molecule has 2 rings (SSSR count). The topological polar surface area (TPSA) is 67.4 Å². The van der Waals surface area contributed by atoms with Crippen LogP contribution in [0.5, 0.6) is 5.75 Å². The maximum absolute atomic E-state index is 13.5. The number of nitrogens with one attached hydrogen (secondary N) is 2. The van der Waals surface area contributed by atoms with Gasteiger partial charge >= 0.3 is 0 Å². The van der Waals surface area contributed by atoms with Gasteiger partial charge in [-0.1, -0.05) is 26.0 Å². The van der Waals surface area contributed by atoms with Crippen molar-refractivity contribution in [2.45, 2.75) is 32.8 Å². The minimum absolute atomic E-state index is 0.0944. The highest BCUT2D eigenvalue weighted by Gasteiger charge is 2.15. The van der Waals surface area contributed by atoms with E-state index in [9.17, 15) is 18.4 Å². The van der Waals surface area contributed by atoms with Crippen molar-refractivity contribution in [3.05, 3.63) is 65.2 Å². The first kappa shape index (κ1) is 21.3. The molecule has 0 spiro atoms. The number of rotatable bonds is 8. The minimum Gasteiger partial charge on any atom is -0.481 e. The lowest BCUT2D eigenvalue weighted by atomic mass is 10.0. The van der Waals surface area contributed by atoms with Crippen molar-refractivity contribution in [3.8, 4) is 5.75 Å². The summed E-state index contributed by atoms with van der Waals surface area (Å²) in [4.78, 5) is 23.9. The van der Waals surface area contributed by atoms with E-state index in [2.05, 4.69) is 24.5 Å². The molecule has 0 aliphatic rings. The monoisotopic (exact) mass is 390 g/mol. The molecule has 0 heterocycles. The van der Waals surface area contributed by atoms with Crippen molar-refractivity contribution in [3.63, 3.8) is 0 Å². The number of hydrogen-bond donors (Lipinski definition) is 2. The Morgan fingerprint density at radius 2 is 1.61 bits per heavy atom. The first-order valence-corrected chi connectivity index (χ1v) is 9.05. The smallest absolute Gasteiger partial charge is 0.260 e. The summed E-state index contributed by atoms with van der Waals surface area (Å²) in [7, 11) is 0. The molecule has 0 fully saturated rings. The van der Waals surface area contributed by atoms with Crippen LogP contribution in [0, 0.1) is 11.6 Å². The fraction of sp³-hybridized carbons (Fsp3) is 0.333. The SMILES string of the molecule is CC(Oc1ccc(C(C)C)cc1)C(=O)NCCNC(=O)c1ccc(F)cc1F. The summed E-state index contributed by atoms with van der Waals surface area (Å²) < 4.78 is 32.0. The van der Waals surface area contributed by atoms with Crippen LogP contribution in [0.4, 0.5) is 8.78 Å². The average Bonchev–Trinajstić information content (AvgIpc) is 2.65.